The summed E-state index contributed by atoms with van der Waals surface area (Å²) in [7, 11) is 1.82. The van der Waals surface area contributed by atoms with Gasteiger partial charge in [-0.25, -0.2) is 0 Å². The maximum absolute atomic E-state index is 12.5. The smallest absolute Gasteiger partial charge is 0.256 e. The quantitative estimate of drug-likeness (QED) is 0.885. The van der Waals surface area contributed by atoms with Gasteiger partial charge in [0.25, 0.3) is 5.91 Å². The molecule has 1 saturated carbocycles. The van der Waals surface area contributed by atoms with Crippen molar-refractivity contribution in [2.24, 2.45) is 13.0 Å². The maximum atomic E-state index is 12.5. The van der Waals surface area contributed by atoms with E-state index in [2.05, 4.69) is 10.4 Å². The van der Waals surface area contributed by atoms with Gasteiger partial charge in [0, 0.05) is 38.0 Å². The first kappa shape index (κ1) is 13.9. The van der Waals surface area contributed by atoms with Crippen molar-refractivity contribution in [2.75, 3.05) is 6.61 Å². The molecule has 0 bridgehead atoms. The van der Waals surface area contributed by atoms with Gasteiger partial charge in [-0.05, 0) is 25.0 Å². The molecule has 1 aliphatic rings. The molecule has 3 rings (SSSR count). The summed E-state index contributed by atoms with van der Waals surface area (Å²) in [6, 6.07) is 3.88. The van der Waals surface area contributed by atoms with Crippen molar-refractivity contribution in [3.63, 3.8) is 0 Å². The van der Waals surface area contributed by atoms with Crippen LogP contribution in [0.3, 0.4) is 0 Å². The Morgan fingerprint density at radius 3 is 2.90 bits per heavy atom. The average molecular weight is 288 g/mol. The Bertz CT molecular complexity index is 618. The molecule has 1 amide bonds. The van der Waals surface area contributed by atoms with Crippen molar-refractivity contribution in [1.29, 1.82) is 0 Å². The molecule has 0 spiro atoms. The lowest BCUT2D eigenvalue weighted by Crippen LogP contribution is -2.38. The molecule has 0 saturated heterocycles. The lowest BCUT2D eigenvalue weighted by Gasteiger charge is -2.19. The van der Waals surface area contributed by atoms with Crippen molar-refractivity contribution in [1.82, 2.24) is 19.7 Å². The van der Waals surface area contributed by atoms with Crippen LogP contribution in [0.4, 0.5) is 0 Å². The number of aliphatic hydroxyl groups excluding tert-OH is 1. The Morgan fingerprint density at radius 1 is 1.43 bits per heavy atom. The number of hydrogen-bond acceptors (Lipinski definition) is 3. The fourth-order valence-corrected chi connectivity index (χ4v) is 3.06. The summed E-state index contributed by atoms with van der Waals surface area (Å²) in [4.78, 5) is 12.5. The highest BCUT2D eigenvalue weighted by atomic mass is 16.3. The van der Waals surface area contributed by atoms with E-state index in [4.69, 9.17) is 0 Å². The second-order valence-corrected chi connectivity index (χ2v) is 5.55. The molecule has 2 heterocycles. The SMILES string of the molecule is Cn1ncc(C(=O)NC2CCCC2CO)c1-n1cccc1. The van der Waals surface area contributed by atoms with Crippen LogP contribution in [0.1, 0.15) is 29.6 Å². The van der Waals surface area contributed by atoms with E-state index in [1.807, 2.05) is 36.1 Å². The number of carbonyl (C=O) groups is 1. The maximum Gasteiger partial charge on any atom is 0.256 e. The van der Waals surface area contributed by atoms with E-state index in [9.17, 15) is 9.90 Å². The van der Waals surface area contributed by atoms with Crippen molar-refractivity contribution < 1.29 is 9.90 Å². The third-order valence-corrected chi connectivity index (χ3v) is 4.21. The standard InChI is InChI=1S/C15H20N4O2/c1-18-15(19-7-2-3-8-19)12(9-16-18)14(21)17-13-6-4-5-11(13)10-20/h2-3,7-9,11,13,20H,4-6,10H2,1H3,(H,17,21). The predicted octanol–water partition coefficient (Wildman–Crippen LogP) is 1.10. The van der Waals surface area contributed by atoms with Crippen molar-refractivity contribution >= 4 is 5.91 Å². The van der Waals surface area contributed by atoms with Crippen LogP contribution in [0.25, 0.3) is 5.82 Å². The Morgan fingerprint density at radius 2 is 2.19 bits per heavy atom. The number of carbonyl (C=O) groups excluding carboxylic acids is 1. The molecule has 1 aliphatic carbocycles. The molecular formula is C15H20N4O2. The minimum absolute atomic E-state index is 0.0558. The first-order chi connectivity index (χ1) is 10.2. The molecule has 2 N–H and O–H groups in total. The molecule has 112 valence electrons. The van der Waals surface area contributed by atoms with Crippen molar-refractivity contribution in [2.45, 2.75) is 25.3 Å². The van der Waals surface area contributed by atoms with Gasteiger partial charge < -0.3 is 15.0 Å². The summed E-state index contributed by atoms with van der Waals surface area (Å²) in [6.45, 7) is 0.127. The number of hydrogen-bond donors (Lipinski definition) is 2. The first-order valence-electron chi connectivity index (χ1n) is 7.27. The Labute approximate surface area is 123 Å². The molecule has 0 radical (unpaired) electrons. The topological polar surface area (TPSA) is 72.1 Å². The molecule has 2 aromatic heterocycles. The molecule has 2 aromatic rings. The highest BCUT2D eigenvalue weighted by Crippen LogP contribution is 2.25. The van der Waals surface area contributed by atoms with E-state index in [1.165, 1.54) is 0 Å². The summed E-state index contributed by atoms with van der Waals surface area (Å²) in [5.41, 5.74) is 0.553. The van der Waals surface area contributed by atoms with E-state index in [0.29, 0.717) is 5.56 Å². The Hall–Kier alpha value is -2.08. The molecule has 1 fully saturated rings. The Kier molecular flexibility index (Phi) is 3.79. The van der Waals surface area contributed by atoms with Gasteiger partial charge in [-0.1, -0.05) is 6.42 Å². The molecule has 21 heavy (non-hydrogen) atoms. The summed E-state index contributed by atoms with van der Waals surface area (Å²) in [5.74, 6) is 0.786. The predicted molar refractivity (Wildman–Crippen MR) is 78.2 cm³/mol. The van der Waals surface area contributed by atoms with Crippen LogP contribution in [0, 0.1) is 5.92 Å². The van der Waals surface area contributed by atoms with Crippen LogP contribution >= 0.6 is 0 Å². The summed E-state index contributed by atoms with van der Waals surface area (Å²) in [5, 5.41) is 16.6. The second-order valence-electron chi connectivity index (χ2n) is 5.55. The molecule has 0 aliphatic heterocycles. The lowest BCUT2D eigenvalue weighted by atomic mass is 10.0. The summed E-state index contributed by atoms with van der Waals surface area (Å²) < 4.78 is 3.56. The third-order valence-electron chi connectivity index (χ3n) is 4.21. The Balaban J connectivity index is 1.83. The monoisotopic (exact) mass is 288 g/mol. The number of aliphatic hydroxyl groups is 1. The normalized spacial score (nSPS) is 21.6. The van der Waals surface area contributed by atoms with Gasteiger partial charge in [0.15, 0.2) is 0 Å². The average Bonchev–Trinajstić information content (AvgIpc) is 3.17. The number of aryl methyl sites for hydroxylation is 1. The van der Waals surface area contributed by atoms with Gasteiger partial charge in [-0.2, -0.15) is 5.10 Å². The van der Waals surface area contributed by atoms with Crippen LogP contribution in [-0.4, -0.2) is 38.0 Å². The summed E-state index contributed by atoms with van der Waals surface area (Å²) >= 11 is 0. The van der Waals surface area contributed by atoms with E-state index >= 15 is 0 Å². The number of rotatable bonds is 4. The molecular weight excluding hydrogens is 268 g/mol. The van der Waals surface area contributed by atoms with Crippen LogP contribution in [0.5, 0.6) is 0 Å². The number of aromatic nitrogens is 3. The van der Waals surface area contributed by atoms with Crippen molar-refractivity contribution in [3.05, 3.63) is 36.3 Å². The van der Waals surface area contributed by atoms with Gasteiger partial charge in [-0.15, -0.1) is 0 Å². The van der Waals surface area contributed by atoms with E-state index in [0.717, 1.165) is 25.1 Å². The fourth-order valence-electron chi connectivity index (χ4n) is 3.06. The van der Waals surface area contributed by atoms with Crippen LogP contribution in [0.15, 0.2) is 30.7 Å². The molecule has 2 atom stereocenters. The fraction of sp³-hybridized carbons (Fsp3) is 0.467. The largest absolute Gasteiger partial charge is 0.396 e. The number of nitrogens with zero attached hydrogens (tertiary/aromatic N) is 3. The number of amides is 1. The van der Waals surface area contributed by atoms with Gasteiger partial charge in [0.05, 0.1) is 6.20 Å². The third kappa shape index (κ3) is 2.58. The van der Waals surface area contributed by atoms with E-state index in [-0.39, 0.29) is 24.5 Å². The highest BCUT2D eigenvalue weighted by molar-refractivity contribution is 5.97. The zero-order chi connectivity index (χ0) is 14.8. The summed E-state index contributed by atoms with van der Waals surface area (Å²) in [6.07, 6.45) is 8.32. The highest BCUT2D eigenvalue weighted by Gasteiger charge is 2.29. The van der Waals surface area contributed by atoms with Crippen LogP contribution < -0.4 is 5.32 Å². The minimum atomic E-state index is -0.128. The van der Waals surface area contributed by atoms with Gasteiger partial charge in [0.2, 0.25) is 0 Å². The zero-order valence-corrected chi connectivity index (χ0v) is 12.1. The van der Waals surface area contributed by atoms with Gasteiger partial charge in [-0.3, -0.25) is 9.48 Å². The first-order valence-corrected chi connectivity index (χ1v) is 7.27. The van der Waals surface area contributed by atoms with Gasteiger partial charge in [0.1, 0.15) is 11.4 Å². The number of nitrogens with one attached hydrogen (secondary N) is 1. The van der Waals surface area contributed by atoms with Gasteiger partial charge >= 0.3 is 0 Å². The molecule has 6 heteroatoms. The lowest BCUT2D eigenvalue weighted by molar-refractivity contribution is 0.0916. The van der Waals surface area contributed by atoms with E-state index in [1.54, 1.807) is 10.9 Å². The van der Waals surface area contributed by atoms with Crippen LogP contribution in [0.2, 0.25) is 0 Å². The van der Waals surface area contributed by atoms with E-state index < -0.39 is 0 Å². The molecule has 2 unspecified atom stereocenters. The minimum Gasteiger partial charge on any atom is -0.396 e. The van der Waals surface area contributed by atoms with Crippen molar-refractivity contribution in [3.8, 4) is 5.82 Å². The van der Waals surface area contributed by atoms with Crippen LogP contribution in [-0.2, 0) is 7.05 Å². The molecule has 6 nitrogen and oxygen atoms in total. The molecule has 0 aromatic carbocycles. The second kappa shape index (κ2) is 5.73. The zero-order valence-electron chi connectivity index (χ0n) is 12.1.